The minimum absolute atomic E-state index is 0.195. The number of hydrogen-bond acceptors (Lipinski definition) is 5. The minimum atomic E-state index is -0.936. The van der Waals surface area contributed by atoms with Crippen molar-refractivity contribution in [3.05, 3.63) is 35.2 Å². The first-order valence-corrected chi connectivity index (χ1v) is 5.99. The molecule has 0 aliphatic carbocycles. The topological polar surface area (TPSA) is 88.3 Å². The van der Waals surface area contributed by atoms with Crippen LogP contribution in [0.25, 0.3) is 11.4 Å². The molecule has 0 saturated heterocycles. The van der Waals surface area contributed by atoms with E-state index >= 15 is 0 Å². The molecule has 0 spiro atoms. The number of carbonyl (C=O) groups is 1. The molecule has 19 heavy (non-hydrogen) atoms. The van der Waals surface area contributed by atoms with Gasteiger partial charge < -0.3 is 9.63 Å². The van der Waals surface area contributed by atoms with Gasteiger partial charge >= 0.3 is 5.97 Å². The summed E-state index contributed by atoms with van der Waals surface area (Å²) in [7, 11) is 0. The minimum Gasteiger partial charge on any atom is -0.480 e. The first-order chi connectivity index (χ1) is 9.06. The van der Waals surface area contributed by atoms with Crippen molar-refractivity contribution in [1.29, 1.82) is 0 Å². The van der Waals surface area contributed by atoms with Gasteiger partial charge in [-0.2, -0.15) is 4.98 Å². The third-order valence-corrected chi connectivity index (χ3v) is 2.72. The highest BCUT2D eigenvalue weighted by molar-refractivity contribution is 6.30. The largest absolute Gasteiger partial charge is 0.480 e. The van der Waals surface area contributed by atoms with Gasteiger partial charge in [0.25, 0.3) is 0 Å². The fraction of sp³-hybridized carbons (Fsp3) is 0.250. The lowest BCUT2D eigenvalue weighted by molar-refractivity contribution is -0.139. The predicted octanol–water partition coefficient (Wildman–Crippen LogP) is 1.95. The molecule has 0 aliphatic rings. The summed E-state index contributed by atoms with van der Waals surface area (Å²) in [5.41, 5.74) is 0.744. The van der Waals surface area contributed by atoms with E-state index in [0.29, 0.717) is 16.7 Å². The lowest BCUT2D eigenvalue weighted by atomic mass is 10.2. The summed E-state index contributed by atoms with van der Waals surface area (Å²) in [5, 5.41) is 15.9. The smallest absolute Gasteiger partial charge is 0.320 e. The van der Waals surface area contributed by atoms with E-state index in [4.69, 9.17) is 21.2 Å². The SMILES string of the molecule is C[C@@H](NCc1nc(-c2cccc(Cl)c2)no1)C(=O)O. The Morgan fingerprint density at radius 2 is 2.37 bits per heavy atom. The Morgan fingerprint density at radius 1 is 1.58 bits per heavy atom. The summed E-state index contributed by atoms with van der Waals surface area (Å²) in [6, 6.07) is 6.40. The van der Waals surface area contributed by atoms with Crippen molar-refractivity contribution in [2.24, 2.45) is 0 Å². The molecule has 0 unspecified atom stereocenters. The number of nitrogens with one attached hydrogen (secondary N) is 1. The lowest BCUT2D eigenvalue weighted by Crippen LogP contribution is -2.33. The zero-order chi connectivity index (χ0) is 13.8. The second-order valence-electron chi connectivity index (χ2n) is 3.96. The lowest BCUT2D eigenvalue weighted by Gasteiger charge is -2.05. The van der Waals surface area contributed by atoms with Gasteiger partial charge in [0, 0.05) is 10.6 Å². The maximum atomic E-state index is 10.6. The number of carboxylic acid groups (broad SMARTS) is 1. The highest BCUT2D eigenvalue weighted by atomic mass is 35.5. The molecule has 1 atom stereocenters. The molecule has 0 bridgehead atoms. The van der Waals surface area contributed by atoms with Crippen LogP contribution in [-0.4, -0.2) is 27.3 Å². The normalized spacial score (nSPS) is 12.3. The molecule has 2 rings (SSSR count). The van der Waals surface area contributed by atoms with Crippen LogP contribution in [0.4, 0.5) is 0 Å². The fourth-order valence-electron chi connectivity index (χ4n) is 1.40. The van der Waals surface area contributed by atoms with Crippen LogP contribution in [0.15, 0.2) is 28.8 Å². The third-order valence-electron chi connectivity index (χ3n) is 2.48. The second-order valence-corrected chi connectivity index (χ2v) is 4.40. The summed E-state index contributed by atoms with van der Waals surface area (Å²) in [6.45, 7) is 1.73. The molecule has 6 nitrogen and oxygen atoms in total. The Balaban J connectivity index is 2.05. The Labute approximate surface area is 114 Å². The van der Waals surface area contributed by atoms with Crippen LogP contribution in [0.3, 0.4) is 0 Å². The molecule has 0 amide bonds. The highest BCUT2D eigenvalue weighted by Gasteiger charge is 2.13. The van der Waals surface area contributed by atoms with E-state index in [1.165, 1.54) is 6.92 Å². The third kappa shape index (κ3) is 3.52. The van der Waals surface area contributed by atoms with Crippen molar-refractivity contribution in [3.8, 4) is 11.4 Å². The van der Waals surface area contributed by atoms with Gasteiger partial charge in [0.1, 0.15) is 6.04 Å². The van der Waals surface area contributed by atoms with Crippen LogP contribution in [0.1, 0.15) is 12.8 Å². The molecule has 2 aromatic rings. The maximum Gasteiger partial charge on any atom is 0.320 e. The van der Waals surface area contributed by atoms with Crippen molar-refractivity contribution < 1.29 is 14.4 Å². The Bertz CT molecular complexity index is 585. The van der Waals surface area contributed by atoms with E-state index in [1.807, 2.05) is 6.07 Å². The van der Waals surface area contributed by atoms with Crippen molar-refractivity contribution in [2.45, 2.75) is 19.5 Å². The van der Waals surface area contributed by atoms with Crippen LogP contribution in [0.5, 0.6) is 0 Å². The van der Waals surface area contributed by atoms with Gasteiger partial charge in [-0.15, -0.1) is 0 Å². The monoisotopic (exact) mass is 281 g/mol. The van der Waals surface area contributed by atoms with Crippen molar-refractivity contribution in [1.82, 2.24) is 15.5 Å². The predicted molar refractivity (Wildman–Crippen MR) is 68.7 cm³/mol. The van der Waals surface area contributed by atoms with Crippen molar-refractivity contribution >= 4 is 17.6 Å². The number of benzene rings is 1. The summed E-state index contributed by atoms with van der Waals surface area (Å²) in [6.07, 6.45) is 0. The van der Waals surface area contributed by atoms with E-state index in [2.05, 4.69) is 15.5 Å². The van der Waals surface area contributed by atoms with Gasteiger partial charge in [0.05, 0.1) is 6.54 Å². The summed E-state index contributed by atoms with van der Waals surface area (Å²) in [4.78, 5) is 14.8. The molecule has 1 aromatic heterocycles. The zero-order valence-corrected chi connectivity index (χ0v) is 10.9. The molecule has 1 heterocycles. The Hall–Kier alpha value is -1.92. The van der Waals surface area contributed by atoms with E-state index in [9.17, 15) is 4.79 Å². The Morgan fingerprint density at radius 3 is 3.05 bits per heavy atom. The van der Waals surface area contributed by atoms with Crippen LogP contribution in [0.2, 0.25) is 5.02 Å². The summed E-state index contributed by atoms with van der Waals surface area (Å²) >= 11 is 5.88. The first kappa shape index (κ1) is 13.5. The molecule has 0 fully saturated rings. The number of rotatable bonds is 5. The number of hydrogen-bond donors (Lipinski definition) is 2. The van der Waals surface area contributed by atoms with Gasteiger partial charge in [0.15, 0.2) is 0 Å². The number of nitrogens with zero attached hydrogens (tertiary/aromatic N) is 2. The quantitative estimate of drug-likeness (QED) is 0.871. The van der Waals surface area contributed by atoms with E-state index in [0.717, 1.165) is 5.56 Å². The molecule has 100 valence electrons. The number of carboxylic acids is 1. The van der Waals surface area contributed by atoms with Crippen LogP contribution in [0, 0.1) is 0 Å². The average molecular weight is 282 g/mol. The summed E-state index contributed by atoms with van der Waals surface area (Å²) < 4.78 is 5.03. The van der Waals surface area contributed by atoms with E-state index in [1.54, 1.807) is 18.2 Å². The standard InChI is InChI=1S/C12H12ClN3O3/c1-7(12(17)18)14-6-10-15-11(16-19-10)8-3-2-4-9(13)5-8/h2-5,7,14H,6H2,1H3,(H,17,18)/t7-/m1/s1. The maximum absolute atomic E-state index is 10.6. The zero-order valence-electron chi connectivity index (χ0n) is 10.1. The molecule has 1 aromatic carbocycles. The average Bonchev–Trinajstić information content (AvgIpc) is 2.84. The molecular formula is C12H12ClN3O3. The van der Waals surface area contributed by atoms with Crippen molar-refractivity contribution in [2.75, 3.05) is 0 Å². The summed E-state index contributed by atoms with van der Waals surface area (Å²) in [5.74, 6) is -0.195. The van der Waals surface area contributed by atoms with Gasteiger partial charge in [-0.1, -0.05) is 28.9 Å². The number of halogens is 1. The Kier molecular flexibility index (Phi) is 4.13. The van der Waals surface area contributed by atoms with E-state index < -0.39 is 12.0 Å². The van der Waals surface area contributed by atoms with Crippen LogP contribution >= 0.6 is 11.6 Å². The van der Waals surface area contributed by atoms with E-state index in [-0.39, 0.29) is 6.54 Å². The fourth-order valence-corrected chi connectivity index (χ4v) is 1.59. The molecule has 0 aliphatic heterocycles. The molecule has 2 N–H and O–H groups in total. The molecule has 7 heteroatoms. The number of aromatic nitrogens is 2. The highest BCUT2D eigenvalue weighted by Crippen LogP contribution is 2.19. The number of aliphatic carboxylic acids is 1. The van der Waals surface area contributed by atoms with Gasteiger partial charge in [-0.3, -0.25) is 10.1 Å². The van der Waals surface area contributed by atoms with Gasteiger partial charge in [0.2, 0.25) is 11.7 Å². The molecule has 0 saturated carbocycles. The first-order valence-electron chi connectivity index (χ1n) is 5.61. The van der Waals surface area contributed by atoms with Gasteiger partial charge in [-0.25, -0.2) is 0 Å². The van der Waals surface area contributed by atoms with Crippen LogP contribution in [-0.2, 0) is 11.3 Å². The van der Waals surface area contributed by atoms with Crippen molar-refractivity contribution in [3.63, 3.8) is 0 Å². The van der Waals surface area contributed by atoms with Crippen LogP contribution < -0.4 is 5.32 Å². The second kappa shape index (κ2) is 5.81. The molecule has 0 radical (unpaired) electrons. The molecular weight excluding hydrogens is 270 g/mol. The van der Waals surface area contributed by atoms with Gasteiger partial charge in [-0.05, 0) is 19.1 Å².